The first-order valence-electron chi connectivity index (χ1n) is 4.76. The summed E-state index contributed by atoms with van der Waals surface area (Å²) in [6, 6.07) is 0. The monoisotopic (exact) mass is 146 g/mol. The second kappa shape index (κ2) is 1.80. The predicted octanol–water partition coefficient (Wildman–Crippen LogP) is 3.21. The third kappa shape index (κ3) is 0.817. The summed E-state index contributed by atoms with van der Waals surface area (Å²) in [6.45, 7) is 0. The molecule has 1 saturated carbocycles. The third-order valence-corrected chi connectivity index (χ3v) is 3.61. The van der Waals surface area contributed by atoms with Crippen LogP contribution >= 0.6 is 0 Å². The molecule has 3 aliphatic rings. The molecule has 0 unspecified atom stereocenters. The van der Waals surface area contributed by atoms with Gasteiger partial charge in [0.05, 0.1) is 0 Å². The van der Waals surface area contributed by atoms with E-state index >= 15 is 0 Å². The molecule has 0 nitrogen and oxygen atoms in total. The van der Waals surface area contributed by atoms with Crippen molar-refractivity contribution in [2.75, 3.05) is 0 Å². The fourth-order valence-electron chi connectivity index (χ4n) is 2.57. The van der Waals surface area contributed by atoms with E-state index in [-0.39, 0.29) is 0 Å². The predicted molar refractivity (Wildman–Crippen MR) is 46.3 cm³/mol. The first-order valence-corrected chi connectivity index (χ1v) is 4.76. The summed E-state index contributed by atoms with van der Waals surface area (Å²) in [5.74, 6) is 0. The zero-order valence-corrected chi connectivity index (χ0v) is 6.90. The molecule has 58 valence electrons. The Bertz CT molecular complexity index is 251. The smallest absolute Gasteiger partial charge is 0.00614 e. The lowest BCUT2D eigenvalue weighted by atomic mass is 9.64. The summed E-state index contributed by atoms with van der Waals surface area (Å²) in [6.07, 6.45) is 13.4. The summed E-state index contributed by atoms with van der Waals surface area (Å²) < 4.78 is 0. The van der Waals surface area contributed by atoms with Gasteiger partial charge in [0.2, 0.25) is 0 Å². The van der Waals surface area contributed by atoms with E-state index in [2.05, 4.69) is 12.2 Å². The van der Waals surface area contributed by atoms with E-state index in [0.717, 1.165) is 5.41 Å². The molecule has 0 heteroatoms. The van der Waals surface area contributed by atoms with Gasteiger partial charge in [-0.25, -0.2) is 0 Å². The Morgan fingerprint density at radius 3 is 2.91 bits per heavy atom. The van der Waals surface area contributed by atoms with Crippen LogP contribution in [0.3, 0.4) is 0 Å². The number of allylic oxidation sites excluding steroid dienone is 4. The fourth-order valence-corrected chi connectivity index (χ4v) is 2.57. The average Bonchev–Trinajstić information content (AvgIpc) is 2.56. The van der Waals surface area contributed by atoms with Gasteiger partial charge in [-0.3, -0.25) is 0 Å². The average molecular weight is 146 g/mol. The summed E-state index contributed by atoms with van der Waals surface area (Å²) in [5, 5.41) is 0. The lowest BCUT2D eigenvalue weighted by Crippen LogP contribution is -2.28. The SMILES string of the molecule is C1=CC2=C(C2)CC2(C1)CCC2. The minimum absolute atomic E-state index is 0.754. The fraction of sp³-hybridized carbons (Fsp3) is 0.636. The Labute approximate surface area is 68.0 Å². The van der Waals surface area contributed by atoms with Crippen molar-refractivity contribution in [3.63, 3.8) is 0 Å². The molecular formula is C11H14. The van der Waals surface area contributed by atoms with Crippen LogP contribution < -0.4 is 0 Å². The van der Waals surface area contributed by atoms with E-state index in [4.69, 9.17) is 0 Å². The molecule has 1 fully saturated rings. The van der Waals surface area contributed by atoms with Gasteiger partial charge in [-0.2, -0.15) is 0 Å². The van der Waals surface area contributed by atoms with Crippen molar-refractivity contribution in [2.45, 2.75) is 38.5 Å². The van der Waals surface area contributed by atoms with Gasteiger partial charge in [-0.15, -0.1) is 0 Å². The molecule has 0 aromatic heterocycles. The largest absolute Gasteiger partial charge is 0.0837 e. The molecule has 0 radical (unpaired) electrons. The van der Waals surface area contributed by atoms with Crippen LogP contribution in [0.5, 0.6) is 0 Å². The highest BCUT2D eigenvalue weighted by molar-refractivity contribution is 5.45. The molecule has 0 aliphatic heterocycles. The zero-order valence-electron chi connectivity index (χ0n) is 6.90. The van der Waals surface area contributed by atoms with Crippen LogP contribution in [-0.2, 0) is 0 Å². The van der Waals surface area contributed by atoms with Gasteiger partial charge in [0.1, 0.15) is 0 Å². The van der Waals surface area contributed by atoms with Crippen molar-refractivity contribution in [1.82, 2.24) is 0 Å². The molecule has 0 bridgehead atoms. The topological polar surface area (TPSA) is 0 Å². The normalized spacial score (nSPS) is 31.3. The van der Waals surface area contributed by atoms with Crippen LogP contribution in [0.25, 0.3) is 0 Å². The molecule has 0 atom stereocenters. The van der Waals surface area contributed by atoms with Gasteiger partial charge in [0, 0.05) is 0 Å². The van der Waals surface area contributed by atoms with Crippen molar-refractivity contribution in [2.24, 2.45) is 5.41 Å². The summed E-state index contributed by atoms with van der Waals surface area (Å²) in [7, 11) is 0. The quantitative estimate of drug-likeness (QED) is 0.492. The molecule has 11 heavy (non-hydrogen) atoms. The van der Waals surface area contributed by atoms with Gasteiger partial charge < -0.3 is 0 Å². The Morgan fingerprint density at radius 1 is 1.27 bits per heavy atom. The van der Waals surface area contributed by atoms with Crippen LogP contribution in [0.15, 0.2) is 23.3 Å². The third-order valence-electron chi connectivity index (χ3n) is 3.61. The first-order chi connectivity index (χ1) is 5.38. The highest BCUT2D eigenvalue weighted by atomic mass is 14.4. The number of rotatable bonds is 0. The minimum atomic E-state index is 0.754. The number of hydrogen-bond donors (Lipinski definition) is 0. The van der Waals surface area contributed by atoms with E-state index in [1.165, 1.54) is 38.5 Å². The zero-order chi connectivity index (χ0) is 7.31. The maximum Gasteiger partial charge on any atom is -0.00614 e. The second-order valence-electron chi connectivity index (χ2n) is 4.44. The Morgan fingerprint density at radius 2 is 2.18 bits per heavy atom. The molecule has 0 saturated heterocycles. The van der Waals surface area contributed by atoms with Crippen LogP contribution in [0.2, 0.25) is 0 Å². The van der Waals surface area contributed by atoms with Crippen molar-refractivity contribution >= 4 is 0 Å². The first kappa shape index (κ1) is 6.05. The van der Waals surface area contributed by atoms with E-state index < -0.39 is 0 Å². The van der Waals surface area contributed by atoms with E-state index in [1.807, 2.05) is 0 Å². The molecule has 0 N–H and O–H groups in total. The summed E-state index contributed by atoms with van der Waals surface area (Å²) >= 11 is 0. The van der Waals surface area contributed by atoms with Gasteiger partial charge in [-0.05, 0) is 43.1 Å². The minimum Gasteiger partial charge on any atom is -0.0837 e. The molecular weight excluding hydrogens is 132 g/mol. The van der Waals surface area contributed by atoms with Crippen LogP contribution in [0, 0.1) is 5.41 Å². The molecule has 0 heterocycles. The summed E-state index contributed by atoms with van der Waals surface area (Å²) in [5.41, 5.74) is 4.19. The molecule has 0 amide bonds. The summed E-state index contributed by atoms with van der Waals surface area (Å²) in [4.78, 5) is 0. The van der Waals surface area contributed by atoms with Crippen molar-refractivity contribution in [3.8, 4) is 0 Å². The Hall–Kier alpha value is -0.520. The highest BCUT2D eigenvalue weighted by Gasteiger charge is 2.40. The standard InChI is InChI=1S/C11H14/c1-3-9-7-10(9)8-11(4-1)5-2-6-11/h1,3H,2,4-8H2. The van der Waals surface area contributed by atoms with Gasteiger partial charge >= 0.3 is 0 Å². The van der Waals surface area contributed by atoms with E-state index in [1.54, 1.807) is 11.1 Å². The van der Waals surface area contributed by atoms with Crippen LogP contribution in [0.1, 0.15) is 38.5 Å². The Kier molecular flexibility index (Phi) is 0.988. The van der Waals surface area contributed by atoms with Crippen molar-refractivity contribution in [1.29, 1.82) is 0 Å². The molecule has 0 aromatic rings. The van der Waals surface area contributed by atoms with Crippen LogP contribution in [0.4, 0.5) is 0 Å². The van der Waals surface area contributed by atoms with Gasteiger partial charge in [-0.1, -0.05) is 24.1 Å². The van der Waals surface area contributed by atoms with E-state index in [0.29, 0.717) is 0 Å². The van der Waals surface area contributed by atoms with Gasteiger partial charge in [0.15, 0.2) is 0 Å². The van der Waals surface area contributed by atoms with Gasteiger partial charge in [0.25, 0.3) is 0 Å². The molecule has 3 aliphatic carbocycles. The molecule has 1 spiro atoms. The van der Waals surface area contributed by atoms with Crippen LogP contribution in [-0.4, -0.2) is 0 Å². The molecule has 0 aromatic carbocycles. The maximum absolute atomic E-state index is 2.41. The lowest BCUT2D eigenvalue weighted by Gasteiger charge is -2.41. The van der Waals surface area contributed by atoms with Crippen molar-refractivity contribution < 1.29 is 0 Å². The Balaban J connectivity index is 1.88. The van der Waals surface area contributed by atoms with E-state index in [9.17, 15) is 0 Å². The second-order valence-corrected chi connectivity index (χ2v) is 4.44. The number of hydrogen-bond acceptors (Lipinski definition) is 0. The highest BCUT2D eigenvalue weighted by Crippen LogP contribution is 2.54. The van der Waals surface area contributed by atoms with Crippen molar-refractivity contribution in [3.05, 3.63) is 23.3 Å². The molecule has 3 rings (SSSR count). The maximum atomic E-state index is 2.41. The lowest BCUT2D eigenvalue weighted by molar-refractivity contribution is 0.139.